The van der Waals surface area contributed by atoms with Crippen molar-refractivity contribution in [2.24, 2.45) is 10.9 Å². The molecule has 0 aromatic heterocycles. The first-order chi connectivity index (χ1) is 9.43. The van der Waals surface area contributed by atoms with E-state index >= 15 is 0 Å². The molecule has 1 aromatic rings. The molecule has 0 saturated carbocycles. The summed E-state index contributed by atoms with van der Waals surface area (Å²) in [5.41, 5.74) is 5.97. The third kappa shape index (κ3) is 2.52. The minimum absolute atomic E-state index is 0.133. The van der Waals surface area contributed by atoms with Crippen LogP contribution in [-0.2, 0) is 11.3 Å². The zero-order valence-electron chi connectivity index (χ0n) is 11.3. The first-order valence-electron chi connectivity index (χ1n) is 6.14. The average Bonchev–Trinajstić information content (AvgIpc) is 2.58. The Kier molecular flexibility index (Phi) is 3.78. The molecule has 0 spiro atoms. The summed E-state index contributed by atoms with van der Waals surface area (Å²) >= 11 is 0. The summed E-state index contributed by atoms with van der Waals surface area (Å²) in [5.74, 6) is -0.587. The number of carbonyl (C=O) groups excluding carboxylic acids is 1. The zero-order valence-corrected chi connectivity index (χ0v) is 11.3. The van der Waals surface area contributed by atoms with Crippen LogP contribution in [0.1, 0.15) is 25.0 Å². The van der Waals surface area contributed by atoms with Crippen molar-refractivity contribution < 1.29 is 19.1 Å². The molecule has 0 saturated heterocycles. The van der Waals surface area contributed by atoms with Gasteiger partial charge >= 0.3 is 0 Å². The van der Waals surface area contributed by atoms with Crippen LogP contribution in [0.4, 0.5) is 4.39 Å². The van der Waals surface area contributed by atoms with Crippen LogP contribution in [0.3, 0.4) is 0 Å². The van der Waals surface area contributed by atoms with Crippen LogP contribution in [0, 0.1) is 5.82 Å². The van der Waals surface area contributed by atoms with E-state index in [9.17, 15) is 9.18 Å². The maximum atomic E-state index is 14.2. The third-order valence-corrected chi connectivity index (χ3v) is 3.30. The molecular weight excluding hydrogens is 265 g/mol. The third-order valence-electron chi connectivity index (χ3n) is 3.30. The molecular formula is C13H16FN3O3. The van der Waals surface area contributed by atoms with E-state index in [0.717, 1.165) is 6.07 Å². The van der Waals surface area contributed by atoms with E-state index < -0.39 is 5.82 Å². The van der Waals surface area contributed by atoms with Crippen molar-refractivity contribution in [2.45, 2.75) is 26.4 Å². The lowest BCUT2D eigenvalue weighted by Crippen LogP contribution is -2.38. The Balaban J connectivity index is 2.47. The van der Waals surface area contributed by atoms with Gasteiger partial charge in [0.05, 0.1) is 12.6 Å². The number of fused-ring (bicyclic) bond motifs is 1. The zero-order chi connectivity index (χ0) is 14.9. The summed E-state index contributed by atoms with van der Waals surface area (Å²) in [5, 5.41) is 11.5. The normalized spacial score (nSPS) is 19.1. The molecule has 20 heavy (non-hydrogen) atoms. The van der Waals surface area contributed by atoms with Crippen molar-refractivity contribution in [2.75, 3.05) is 6.61 Å². The molecule has 0 bridgehead atoms. The lowest BCUT2D eigenvalue weighted by Gasteiger charge is -2.24. The van der Waals surface area contributed by atoms with Gasteiger partial charge in [0.25, 0.3) is 0 Å². The first kappa shape index (κ1) is 14.1. The molecule has 1 aliphatic heterocycles. The summed E-state index contributed by atoms with van der Waals surface area (Å²) in [7, 11) is 0. The molecule has 0 unspecified atom stereocenters. The molecule has 108 valence electrons. The second kappa shape index (κ2) is 5.36. The summed E-state index contributed by atoms with van der Waals surface area (Å²) < 4.78 is 19.7. The van der Waals surface area contributed by atoms with Gasteiger partial charge in [-0.2, -0.15) is 0 Å². The Bertz CT molecular complexity index is 574. The lowest BCUT2D eigenvalue weighted by molar-refractivity contribution is -0.131. The summed E-state index contributed by atoms with van der Waals surface area (Å²) in [4.78, 5) is 13.1. The fourth-order valence-electron chi connectivity index (χ4n) is 2.15. The molecule has 0 aliphatic carbocycles. The highest BCUT2D eigenvalue weighted by Gasteiger charge is 2.26. The standard InChI is InChI=1S/C13H16FN3O3/c1-7-6-20-12-4-9(13(15)16-19)3-11(14)10(12)5-17(7)8(2)18/h3-4,7,19H,5-6H2,1-2H3,(H2,15,16)/t7-/m0/s1. The maximum absolute atomic E-state index is 14.2. The SMILES string of the molecule is CC(=O)N1Cc2c(F)cc(C(N)=NO)cc2OC[C@@H]1C. The molecule has 0 fully saturated rings. The van der Waals surface area contributed by atoms with Crippen molar-refractivity contribution in [3.8, 4) is 5.75 Å². The molecule has 1 amide bonds. The number of benzene rings is 1. The fourth-order valence-corrected chi connectivity index (χ4v) is 2.15. The van der Waals surface area contributed by atoms with Crippen LogP contribution < -0.4 is 10.5 Å². The Morgan fingerprint density at radius 3 is 2.90 bits per heavy atom. The quantitative estimate of drug-likeness (QED) is 0.348. The van der Waals surface area contributed by atoms with Crippen molar-refractivity contribution in [1.82, 2.24) is 4.90 Å². The average molecular weight is 281 g/mol. The number of oxime groups is 1. The van der Waals surface area contributed by atoms with E-state index in [4.69, 9.17) is 15.7 Å². The van der Waals surface area contributed by atoms with Gasteiger partial charge < -0.3 is 20.6 Å². The number of amidine groups is 1. The minimum Gasteiger partial charge on any atom is -0.491 e. The van der Waals surface area contributed by atoms with Gasteiger partial charge in [0.1, 0.15) is 18.2 Å². The number of amides is 1. The van der Waals surface area contributed by atoms with E-state index in [1.807, 2.05) is 6.92 Å². The van der Waals surface area contributed by atoms with E-state index in [0.29, 0.717) is 11.3 Å². The van der Waals surface area contributed by atoms with Gasteiger partial charge in [-0.05, 0) is 19.1 Å². The van der Waals surface area contributed by atoms with Crippen molar-refractivity contribution in [1.29, 1.82) is 0 Å². The largest absolute Gasteiger partial charge is 0.491 e. The van der Waals surface area contributed by atoms with Gasteiger partial charge in [-0.15, -0.1) is 0 Å². The van der Waals surface area contributed by atoms with E-state index in [2.05, 4.69) is 5.16 Å². The number of halogens is 1. The Morgan fingerprint density at radius 2 is 2.30 bits per heavy atom. The number of hydrogen-bond acceptors (Lipinski definition) is 4. The van der Waals surface area contributed by atoms with Gasteiger partial charge in [0.2, 0.25) is 5.91 Å². The molecule has 2 rings (SSSR count). The molecule has 0 radical (unpaired) electrons. The molecule has 1 heterocycles. The highest BCUT2D eigenvalue weighted by molar-refractivity contribution is 5.97. The number of nitrogens with two attached hydrogens (primary N) is 1. The van der Waals surface area contributed by atoms with Gasteiger partial charge in [0.15, 0.2) is 5.84 Å². The minimum atomic E-state index is -0.551. The number of ether oxygens (including phenoxy) is 1. The van der Waals surface area contributed by atoms with E-state index in [1.165, 1.54) is 17.9 Å². The summed E-state index contributed by atoms with van der Waals surface area (Å²) in [6.45, 7) is 3.65. The monoisotopic (exact) mass is 281 g/mol. The topological polar surface area (TPSA) is 88.2 Å². The highest BCUT2D eigenvalue weighted by atomic mass is 19.1. The van der Waals surface area contributed by atoms with E-state index in [-0.39, 0.29) is 36.5 Å². The number of carbonyl (C=O) groups is 1. The highest BCUT2D eigenvalue weighted by Crippen LogP contribution is 2.29. The number of nitrogens with zero attached hydrogens (tertiary/aromatic N) is 2. The summed E-state index contributed by atoms with van der Waals surface area (Å²) in [6.07, 6.45) is 0. The van der Waals surface area contributed by atoms with Gasteiger partial charge in [0, 0.05) is 18.1 Å². The van der Waals surface area contributed by atoms with Crippen molar-refractivity contribution in [3.05, 3.63) is 29.1 Å². The molecule has 6 nitrogen and oxygen atoms in total. The molecule has 1 aliphatic rings. The van der Waals surface area contributed by atoms with Crippen LogP contribution in [0.5, 0.6) is 5.75 Å². The molecule has 7 heteroatoms. The number of hydrogen-bond donors (Lipinski definition) is 2. The second-order valence-corrected chi connectivity index (χ2v) is 4.73. The van der Waals surface area contributed by atoms with Crippen LogP contribution in [-0.4, -0.2) is 34.5 Å². The van der Waals surface area contributed by atoms with Crippen LogP contribution >= 0.6 is 0 Å². The van der Waals surface area contributed by atoms with Crippen LogP contribution in [0.15, 0.2) is 17.3 Å². The van der Waals surface area contributed by atoms with Crippen molar-refractivity contribution >= 4 is 11.7 Å². The van der Waals surface area contributed by atoms with Crippen LogP contribution in [0.2, 0.25) is 0 Å². The summed E-state index contributed by atoms with van der Waals surface area (Å²) in [6, 6.07) is 2.50. The first-order valence-corrected chi connectivity index (χ1v) is 6.14. The lowest BCUT2D eigenvalue weighted by atomic mass is 10.1. The molecule has 3 N–H and O–H groups in total. The van der Waals surface area contributed by atoms with Gasteiger partial charge in [-0.1, -0.05) is 5.16 Å². The smallest absolute Gasteiger partial charge is 0.220 e. The fraction of sp³-hybridized carbons (Fsp3) is 0.385. The van der Waals surface area contributed by atoms with E-state index in [1.54, 1.807) is 0 Å². The Morgan fingerprint density at radius 1 is 1.60 bits per heavy atom. The van der Waals surface area contributed by atoms with Gasteiger partial charge in [-0.3, -0.25) is 4.79 Å². The van der Waals surface area contributed by atoms with Gasteiger partial charge in [-0.25, -0.2) is 4.39 Å². The Labute approximate surface area is 115 Å². The predicted molar refractivity (Wildman–Crippen MR) is 70.1 cm³/mol. The maximum Gasteiger partial charge on any atom is 0.220 e. The van der Waals surface area contributed by atoms with Crippen molar-refractivity contribution in [3.63, 3.8) is 0 Å². The van der Waals surface area contributed by atoms with Crippen LogP contribution in [0.25, 0.3) is 0 Å². The molecule has 1 atom stereocenters. The second-order valence-electron chi connectivity index (χ2n) is 4.73. The Hall–Kier alpha value is -2.31. The molecule has 1 aromatic carbocycles. The predicted octanol–water partition coefficient (Wildman–Crippen LogP) is 1.05. The number of rotatable bonds is 1.